The number of carbonyl (C=O) groups is 1. The molecule has 0 saturated carbocycles. The lowest BCUT2D eigenvalue weighted by Gasteiger charge is -2.10. The lowest BCUT2D eigenvalue weighted by molar-refractivity contribution is -0.383. The van der Waals surface area contributed by atoms with Gasteiger partial charge in [-0.2, -0.15) is 0 Å². The van der Waals surface area contributed by atoms with Crippen LogP contribution in [0.25, 0.3) is 10.9 Å². The van der Waals surface area contributed by atoms with Crippen molar-refractivity contribution in [2.45, 2.75) is 11.9 Å². The lowest BCUT2D eigenvalue weighted by atomic mass is 10.1. The van der Waals surface area contributed by atoms with E-state index in [2.05, 4.69) is 4.98 Å². The maximum Gasteiger partial charge on any atom is 0.282 e. The highest BCUT2D eigenvalue weighted by molar-refractivity contribution is 7.90. The average molecular weight is 329 g/mol. The standard InChI is InChI=1S/C12H9ClN2O5S/c1-5(16)8-11(17)9-7(15(18)19)4-3-6(13)10(9)14-12(8)21(2)20/h3-4H,1-2H3,(H,14,17). The highest BCUT2D eigenvalue weighted by Crippen LogP contribution is 2.29. The first-order chi connectivity index (χ1) is 9.75. The smallest absolute Gasteiger partial charge is 0.282 e. The minimum absolute atomic E-state index is 0.00827. The molecule has 0 radical (unpaired) electrons. The van der Waals surface area contributed by atoms with Gasteiger partial charge in [0.2, 0.25) is 10.5 Å². The third kappa shape index (κ3) is 2.53. The molecular formula is C12H9ClN2O5S. The Kier molecular flexibility index (Phi) is 4.04. The number of halogens is 1. The molecule has 0 aliphatic heterocycles. The molecule has 7 nitrogen and oxygen atoms in total. The summed E-state index contributed by atoms with van der Waals surface area (Å²) in [5.74, 6) is -0.627. The molecule has 1 unspecified atom stereocenters. The van der Waals surface area contributed by atoms with Gasteiger partial charge in [0, 0.05) is 17.2 Å². The van der Waals surface area contributed by atoms with Crippen molar-refractivity contribution in [3.05, 3.63) is 43.1 Å². The normalized spacial score (nSPS) is 12.4. The number of pyridine rings is 1. The Balaban J connectivity index is 3.11. The Hall–Kier alpha value is -1.90. The molecule has 2 aromatic rings. The van der Waals surface area contributed by atoms with E-state index in [1.54, 1.807) is 0 Å². The van der Waals surface area contributed by atoms with E-state index in [1.165, 1.54) is 12.3 Å². The Morgan fingerprint density at radius 3 is 2.52 bits per heavy atom. The maximum absolute atomic E-state index is 12.4. The zero-order chi connectivity index (χ0) is 15.9. The minimum Gasteiger partial charge on any atom is -0.610 e. The van der Waals surface area contributed by atoms with E-state index in [9.17, 15) is 24.3 Å². The largest absolute Gasteiger partial charge is 0.610 e. The predicted octanol–water partition coefficient (Wildman–Crippen LogP) is 2.03. The van der Waals surface area contributed by atoms with Gasteiger partial charge >= 0.3 is 0 Å². The van der Waals surface area contributed by atoms with E-state index in [0.717, 1.165) is 13.0 Å². The van der Waals surface area contributed by atoms with E-state index in [-0.39, 0.29) is 26.5 Å². The molecule has 0 fully saturated rings. The van der Waals surface area contributed by atoms with Gasteiger partial charge in [-0.05, 0) is 13.0 Å². The zero-order valence-corrected chi connectivity index (χ0v) is 12.5. The SMILES string of the molecule is CC(=O)c1c([S+](C)[O-])[nH]c2c(Cl)ccc([N+](=O)[O-])c2c1=O. The van der Waals surface area contributed by atoms with E-state index in [4.69, 9.17) is 11.6 Å². The summed E-state index contributed by atoms with van der Waals surface area (Å²) in [5, 5.41) is 10.7. The summed E-state index contributed by atoms with van der Waals surface area (Å²) in [7, 11) is 0. The van der Waals surface area contributed by atoms with Crippen molar-refractivity contribution in [1.29, 1.82) is 0 Å². The number of nitrogens with one attached hydrogen (secondary N) is 1. The van der Waals surface area contributed by atoms with Crippen LogP contribution in [0.2, 0.25) is 5.02 Å². The van der Waals surface area contributed by atoms with Crippen LogP contribution in [0.3, 0.4) is 0 Å². The molecule has 0 aliphatic carbocycles. The van der Waals surface area contributed by atoms with Gasteiger partial charge in [0.05, 0.1) is 15.5 Å². The van der Waals surface area contributed by atoms with Gasteiger partial charge in [-0.15, -0.1) is 0 Å². The van der Waals surface area contributed by atoms with Gasteiger partial charge in [0.25, 0.3) is 5.69 Å². The number of aromatic amines is 1. The van der Waals surface area contributed by atoms with Gasteiger partial charge in [-0.25, -0.2) is 0 Å². The molecule has 110 valence electrons. The number of benzene rings is 1. The summed E-state index contributed by atoms with van der Waals surface area (Å²) in [6.07, 6.45) is 1.29. The van der Waals surface area contributed by atoms with Crippen molar-refractivity contribution in [2.75, 3.05) is 6.26 Å². The van der Waals surface area contributed by atoms with Crippen LogP contribution in [0, 0.1) is 10.1 Å². The second-order valence-corrected chi connectivity index (χ2v) is 5.97. The third-order valence-electron chi connectivity index (χ3n) is 2.89. The van der Waals surface area contributed by atoms with Crippen LogP contribution in [0.15, 0.2) is 22.0 Å². The quantitative estimate of drug-likeness (QED) is 0.400. The second kappa shape index (κ2) is 5.47. The average Bonchev–Trinajstić information content (AvgIpc) is 2.38. The third-order valence-corrected chi connectivity index (χ3v) is 4.08. The molecule has 0 saturated heterocycles. The number of nitro benzene ring substituents is 1. The molecule has 0 amide bonds. The summed E-state index contributed by atoms with van der Waals surface area (Å²) in [5.41, 5.74) is -1.68. The summed E-state index contributed by atoms with van der Waals surface area (Å²) < 4.78 is 11.7. The van der Waals surface area contributed by atoms with Crippen LogP contribution in [-0.4, -0.2) is 26.5 Å². The number of nitrogens with zero attached hydrogens (tertiary/aromatic N) is 1. The predicted molar refractivity (Wildman–Crippen MR) is 78.6 cm³/mol. The molecule has 0 bridgehead atoms. The molecule has 9 heteroatoms. The van der Waals surface area contributed by atoms with Gasteiger partial charge in [0.15, 0.2) is 5.78 Å². The van der Waals surface area contributed by atoms with E-state index in [1.807, 2.05) is 0 Å². The van der Waals surface area contributed by atoms with Gasteiger partial charge in [0.1, 0.15) is 17.2 Å². The Morgan fingerprint density at radius 1 is 1.43 bits per heavy atom. The number of hydrogen-bond donors (Lipinski definition) is 1. The molecule has 0 spiro atoms. The fraction of sp³-hybridized carbons (Fsp3) is 0.167. The van der Waals surface area contributed by atoms with Crippen molar-refractivity contribution in [3.63, 3.8) is 0 Å². The summed E-state index contributed by atoms with van der Waals surface area (Å²) >= 11 is 4.28. The number of rotatable bonds is 3. The van der Waals surface area contributed by atoms with Crippen molar-refractivity contribution in [2.24, 2.45) is 0 Å². The van der Waals surface area contributed by atoms with Crippen molar-refractivity contribution < 1.29 is 14.3 Å². The van der Waals surface area contributed by atoms with Crippen LogP contribution in [0.5, 0.6) is 0 Å². The second-order valence-electron chi connectivity index (χ2n) is 4.24. The fourth-order valence-corrected chi connectivity index (χ4v) is 2.98. The molecule has 1 aromatic carbocycles. The first-order valence-electron chi connectivity index (χ1n) is 5.63. The first kappa shape index (κ1) is 15.5. The highest BCUT2D eigenvalue weighted by atomic mass is 35.5. The first-order valence-corrected chi connectivity index (χ1v) is 7.56. The Bertz CT molecular complexity index is 830. The fourth-order valence-electron chi connectivity index (χ4n) is 2.01. The molecule has 2 rings (SSSR count). The van der Waals surface area contributed by atoms with Gasteiger partial charge in [-0.1, -0.05) is 11.6 Å². The number of aromatic nitrogens is 1. The molecular weight excluding hydrogens is 320 g/mol. The van der Waals surface area contributed by atoms with Crippen molar-refractivity contribution in [1.82, 2.24) is 4.98 Å². The van der Waals surface area contributed by atoms with E-state index >= 15 is 0 Å². The Labute approximate surface area is 126 Å². The summed E-state index contributed by atoms with van der Waals surface area (Å²) in [6.45, 7) is 1.13. The monoisotopic (exact) mass is 328 g/mol. The number of H-pyrrole nitrogens is 1. The summed E-state index contributed by atoms with van der Waals surface area (Å²) in [4.78, 5) is 37.0. The number of carbonyl (C=O) groups excluding carboxylic acids is 1. The number of hydrogen-bond acceptors (Lipinski definition) is 5. The molecule has 1 atom stereocenters. The molecule has 1 heterocycles. The number of Topliss-reactive ketones (excluding diaryl/α,β-unsaturated/α-hetero) is 1. The van der Waals surface area contributed by atoms with Gasteiger partial charge in [-0.3, -0.25) is 19.7 Å². The van der Waals surface area contributed by atoms with Gasteiger partial charge < -0.3 is 9.54 Å². The highest BCUT2D eigenvalue weighted by Gasteiger charge is 2.27. The number of non-ortho nitro benzene ring substituents is 1. The number of ketones is 1. The minimum atomic E-state index is -1.66. The van der Waals surface area contributed by atoms with E-state index in [0.29, 0.717) is 0 Å². The van der Waals surface area contributed by atoms with Crippen LogP contribution >= 0.6 is 11.6 Å². The lowest BCUT2D eigenvalue weighted by Crippen LogP contribution is -2.21. The molecule has 1 N–H and O–H groups in total. The maximum atomic E-state index is 12.4. The number of nitro groups is 1. The summed E-state index contributed by atoms with van der Waals surface area (Å²) in [6, 6.07) is 2.35. The molecule has 0 aliphatic rings. The van der Waals surface area contributed by atoms with Crippen LogP contribution in [0.1, 0.15) is 17.3 Å². The topological polar surface area (TPSA) is 116 Å². The van der Waals surface area contributed by atoms with Crippen molar-refractivity contribution >= 4 is 45.2 Å². The molecule has 21 heavy (non-hydrogen) atoms. The molecule has 1 aromatic heterocycles. The van der Waals surface area contributed by atoms with Crippen LogP contribution in [0.4, 0.5) is 5.69 Å². The van der Waals surface area contributed by atoms with Crippen molar-refractivity contribution in [3.8, 4) is 0 Å². The van der Waals surface area contributed by atoms with Crippen LogP contribution < -0.4 is 5.43 Å². The number of fused-ring (bicyclic) bond motifs is 1. The Morgan fingerprint density at radius 2 is 2.05 bits per heavy atom. The van der Waals surface area contributed by atoms with Crippen LogP contribution in [-0.2, 0) is 11.2 Å². The zero-order valence-electron chi connectivity index (χ0n) is 10.9. The van der Waals surface area contributed by atoms with E-state index < -0.39 is 33.0 Å².